The van der Waals surface area contributed by atoms with Crippen molar-refractivity contribution in [3.8, 4) is 5.69 Å². The molecule has 0 unspecified atom stereocenters. The van der Waals surface area contributed by atoms with E-state index in [0.717, 1.165) is 22.6 Å². The molecule has 2 aromatic rings. The Hall–Kier alpha value is -1.84. The monoisotopic (exact) mass is 219 g/mol. The number of nitrogens with two attached hydrogens (primary N) is 1. The summed E-state index contributed by atoms with van der Waals surface area (Å²) in [6.45, 7) is 5.92. The van der Waals surface area contributed by atoms with E-state index in [9.17, 15) is 4.39 Å². The van der Waals surface area contributed by atoms with Gasteiger partial charge in [0.15, 0.2) is 0 Å². The second-order valence-corrected chi connectivity index (χ2v) is 3.91. The molecule has 16 heavy (non-hydrogen) atoms. The molecule has 1 aromatic heterocycles. The highest BCUT2D eigenvalue weighted by Crippen LogP contribution is 2.22. The molecule has 0 spiro atoms. The molecule has 84 valence electrons. The highest BCUT2D eigenvalue weighted by Gasteiger charge is 2.11. The summed E-state index contributed by atoms with van der Waals surface area (Å²) in [5.74, 6) is -0.334. The fourth-order valence-electron chi connectivity index (χ4n) is 1.67. The summed E-state index contributed by atoms with van der Waals surface area (Å²) >= 11 is 0. The number of aryl methyl sites for hydroxylation is 1. The third kappa shape index (κ3) is 1.56. The summed E-state index contributed by atoms with van der Waals surface area (Å²) in [6.07, 6.45) is 0. The summed E-state index contributed by atoms with van der Waals surface area (Å²) in [5.41, 5.74) is 10.0. The minimum absolute atomic E-state index is 0.334. The maximum atomic E-state index is 12.9. The Morgan fingerprint density at radius 3 is 2.44 bits per heavy atom. The van der Waals surface area contributed by atoms with Crippen LogP contribution >= 0.6 is 0 Å². The zero-order valence-electron chi connectivity index (χ0n) is 9.58. The van der Waals surface area contributed by atoms with Gasteiger partial charge in [-0.25, -0.2) is 9.07 Å². The number of anilines is 1. The first-order chi connectivity index (χ1) is 7.50. The minimum atomic E-state index is -0.334. The average Bonchev–Trinajstić information content (AvgIpc) is 2.46. The molecule has 0 saturated carbocycles. The van der Waals surface area contributed by atoms with Gasteiger partial charge in [-0.05, 0) is 44.5 Å². The van der Waals surface area contributed by atoms with E-state index in [2.05, 4.69) is 5.10 Å². The van der Waals surface area contributed by atoms with Crippen molar-refractivity contribution in [2.24, 2.45) is 0 Å². The van der Waals surface area contributed by atoms with Crippen LogP contribution in [0.15, 0.2) is 18.2 Å². The van der Waals surface area contributed by atoms with Crippen molar-refractivity contribution in [2.45, 2.75) is 20.8 Å². The van der Waals surface area contributed by atoms with Crippen LogP contribution in [-0.4, -0.2) is 9.78 Å². The van der Waals surface area contributed by atoms with Gasteiger partial charge in [0.25, 0.3) is 0 Å². The van der Waals surface area contributed by atoms with Crippen molar-refractivity contribution in [3.05, 3.63) is 41.0 Å². The summed E-state index contributed by atoms with van der Waals surface area (Å²) in [7, 11) is 0. The van der Waals surface area contributed by atoms with Gasteiger partial charge in [0, 0.05) is 5.69 Å². The number of nitrogen functional groups attached to an aromatic ring is 1. The van der Waals surface area contributed by atoms with Crippen LogP contribution in [-0.2, 0) is 0 Å². The van der Waals surface area contributed by atoms with E-state index in [0.29, 0.717) is 5.69 Å². The molecule has 0 bridgehead atoms. The SMILES string of the molecule is Cc1nn(-c2ccc(F)cc2N)c(C)c1C. The van der Waals surface area contributed by atoms with Gasteiger partial charge >= 0.3 is 0 Å². The Balaban J connectivity index is 2.63. The Bertz CT molecular complexity index is 543. The summed E-state index contributed by atoms with van der Waals surface area (Å²) in [5, 5.41) is 4.38. The third-order valence-electron chi connectivity index (χ3n) is 2.87. The van der Waals surface area contributed by atoms with E-state index in [-0.39, 0.29) is 5.82 Å². The van der Waals surface area contributed by atoms with Gasteiger partial charge in [0.1, 0.15) is 5.82 Å². The number of hydrogen-bond donors (Lipinski definition) is 1. The zero-order chi connectivity index (χ0) is 11.9. The van der Waals surface area contributed by atoms with Gasteiger partial charge in [-0.2, -0.15) is 5.10 Å². The van der Waals surface area contributed by atoms with Crippen molar-refractivity contribution in [1.82, 2.24) is 9.78 Å². The molecule has 0 amide bonds. The van der Waals surface area contributed by atoms with Crippen LogP contribution < -0.4 is 5.73 Å². The summed E-state index contributed by atoms with van der Waals surface area (Å²) in [6, 6.07) is 4.34. The lowest BCUT2D eigenvalue weighted by Gasteiger charge is -2.07. The molecule has 0 aliphatic heterocycles. The second kappa shape index (κ2) is 3.63. The van der Waals surface area contributed by atoms with E-state index in [4.69, 9.17) is 5.73 Å². The molecule has 0 fully saturated rings. The highest BCUT2D eigenvalue weighted by atomic mass is 19.1. The lowest BCUT2D eigenvalue weighted by atomic mass is 10.2. The van der Waals surface area contributed by atoms with Gasteiger partial charge in [0.2, 0.25) is 0 Å². The third-order valence-corrected chi connectivity index (χ3v) is 2.87. The van der Waals surface area contributed by atoms with Gasteiger partial charge in [-0.3, -0.25) is 0 Å². The molecular weight excluding hydrogens is 205 g/mol. The molecule has 2 N–H and O–H groups in total. The van der Waals surface area contributed by atoms with Gasteiger partial charge < -0.3 is 5.73 Å². The molecule has 0 aliphatic rings. The van der Waals surface area contributed by atoms with Crippen LogP contribution in [0.4, 0.5) is 10.1 Å². The topological polar surface area (TPSA) is 43.8 Å². The fourth-order valence-corrected chi connectivity index (χ4v) is 1.67. The smallest absolute Gasteiger partial charge is 0.125 e. The van der Waals surface area contributed by atoms with Crippen LogP contribution in [0, 0.1) is 26.6 Å². The molecule has 0 atom stereocenters. The minimum Gasteiger partial charge on any atom is -0.397 e. The lowest BCUT2D eigenvalue weighted by Crippen LogP contribution is -2.03. The number of benzene rings is 1. The predicted octanol–water partition coefficient (Wildman–Crippen LogP) is 2.52. The Kier molecular flexibility index (Phi) is 2.42. The van der Waals surface area contributed by atoms with E-state index >= 15 is 0 Å². The van der Waals surface area contributed by atoms with E-state index in [1.54, 1.807) is 10.7 Å². The quantitative estimate of drug-likeness (QED) is 0.749. The molecule has 0 saturated heterocycles. The highest BCUT2D eigenvalue weighted by molar-refractivity contribution is 5.58. The fraction of sp³-hybridized carbons (Fsp3) is 0.250. The number of rotatable bonds is 1. The summed E-state index contributed by atoms with van der Waals surface area (Å²) < 4.78 is 14.7. The van der Waals surface area contributed by atoms with Crippen molar-refractivity contribution in [3.63, 3.8) is 0 Å². The Morgan fingerprint density at radius 2 is 1.94 bits per heavy atom. The normalized spacial score (nSPS) is 10.8. The molecule has 0 aliphatic carbocycles. The molecular formula is C12H14FN3. The molecule has 2 rings (SSSR count). The van der Waals surface area contributed by atoms with Crippen LogP contribution in [0.1, 0.15) is 17.0 Å². The maximum Gasteiger partial charge on any atom is 0.125 e. The largest absolute Gasteiger partial charge is 0.397 e. The number of hydrogen-bond acceptors (Lipinski definition) is 2. The molecule has 1 aromatic carbocycles. The van der Waals surface area contributed by atoms with Crippen molar-refractivity contribution in [2.75, 3.05) is 5.73 Å². The van der Waals surface area contributed by atoms with Crippen molar-refractivity contribution in [1.29, 1.82) is 0 Å². The second-order valence-electron chi connectivity index (χ2n) is 3.91. The Labute approximate surface area is 93.7 Å². The molecule has 1 heterocycles. The zero-order valence-corrected chi connectivity index (χ0v) is 9.58. The molecule has 0 radical (unpaired) electrons. The van der Waals surface area contributed by atoms with Gasteiger partial charge in [-0.1, -0.05) is 0 Å². The molecule has 3 nitrogen and oxygen atoms in total. The lowest BCUT2D eigenvalue weighted by molar-refractivity contribution is 0.627. The standard InChI is InChI=1S/C12H14FN3/c1-7-8(2)15-16(9(7)3)12-5-4-10(13)6-11(12)14/h4-6H,14H2,1-3H3. The first kappa shape index (κ1) is 10.7. The number of aromatic nitrogens is 2. The Morgan fingerprint density at radius 1 is 1.25 bits per heavy atom. The van der Waals surface area contributed by atoms with Crippen LogP contribution in [0.5, 0.6) is 0 Å². The van der Waals surface area contributed by atoms with Crippen molar-refractivity contribution >= 4 is 5.69 Å². The van der Waals surface area contributed by atoms with Crippen LogP contribution in [0.3, 0.4) is 0 Å². The van der Waals surface area contributed by atoms with Gasteiger partial charge in [0.05, 0.1) is 17.1 Å². The van der Waals surface area contributed by atoms with Crippen LogP contribution in [0.25, 0.3) is 5.69 Å². The van der Waals surface area contributed by atoms with E-state index < -0.39 is 0 Å². The van der Waals surface area contributed by atoms with E-state index in [1.165, 1.54) is 12.1 Å². The number of halogens is 1. The van der Waals surface area contributed by atoms with E-state index in [1.807, 2.05) is 20.8 Å². The van der Waals surface area contributed by atoms with Gasteiger partial charge in [-0.15, -0.1) is 0 Å². The number of nitrogens with zero attached hydrogens (tertiary/aromatic N) is 2. The first-order valence-corrected chi connectivity index (χ1v) is 5.09. The first-order valence-electron chi connectivity index (χ1n) is 5.09. The van der Waals surface area contributed by atoms with Crippen molar-refractivity contribution < 1.29 is 4.39 Å². The maximum absolute atomic E-state index is 12.9. The van der Waals surface area contributed by atoms with Crippen LogP contribution in [0.2, 0.25) is 0 Å². The predicted molar refractivity (Wildman–Crippen MR) is 62.1 cm³/mol. The average molecular weight is 219 g/mol. The molecule has 4 heteroatoms. The summed E-state index contributed by atoms with van der Waals surface area (Å²) in [4.78, 5) is 0.